The van der Waals surface area contributed by atoms with Gasteiger partial charge in [0.25, 0.3) is 0 Å². The van der Waals surface area contributed by atoms with Crippen molar-refractivity contribution in [1.82, 2.24) is 0 Å². The largest absolute Gasteiger partial charge is 0.791 e. The molecule has 0 aliphatic rings. The highest BCUT2D eigenvalue weighted by molar-refractivity contribution is 7.00. The molecule has 0 rings (SSSR count). The predicted octanol–water partition coefficient (Wildman–Crippen LogP) is 1.26. The first-order valence-corrected chi connectivity index (χ1v) is 2.20. The summed E-state index contributed by atoms with van der Waals surface area (Å²) in [5.74, 6) is 0. The topological polar surface area (TPSA) is 70.8 Å². The van der Waals surface area contributed by atoms with Crippen LogP contribution in [0.4, 0.5) is 0 Å². The van der Waals surface area contributed by atoms with Crippen molar-refractivity contribution < 1.29 is 0 Å². The fourth-order valence-corrected chi connectivity index (χ4v) is 0.144. The third kappa shape index (κ3) is 1.99. The van der Waals surface area contributed by atoms with Gasteiger partial charge in [-0.05, 0) is 0 Å². The summed E-state index contributed by atoms with van der Waals surface area (Å²) in [6.07, 6.45) is 0. The van der Waals surface area contributed by atoms with Crippen LogP contribution in [-0.2, 0) is 0 Å². The van der Waals surface area contributed by atoms with Crippen molar-refractivity contribution in [2.75, 3.05) is 0 Å². The molecule has 0 bridgehead atoms. The minimum atomic E-state index is -0.623. The second-order valence-corrected chi connectivity index (χ2v) is 1.48. The summed E-state index contributed by atoms with van der Waals surface area (Å²) in [7, 11) is 0. The second-order valence-electron chi connectivity index (χ2n) is 0.764. The van der Waals surface area contributed by atoms with Gasteiger partial charge in [-0.25, -0.2) is 0 Å². The molecule has 4 nitrogen and oxygen atoms in total. The van der Waals surface area contributed by atoms with Crippen LogP contribution in [-0.4, -0.2) is 10.3 Å². The highest BCUT2D eigenvalue weighted by Gasteiger charge is 1.93. The minimum Gasteiger partial charge on any atom is -0.791 e. The Morgan fingerprint density at radius 2 is 1.25 bits per heavy atom. The molecule has 8 heavy (non-hydrogen) atoms. The zero-order valence-corrected chi connectivity index (χ0v) is 4.98. The summed E-state index contributed by atoms with van der Waals surface area (Å²) in [5, 5.41) is 21.8. The van der Waals surface area contributed by atoms with Crippen LogP contribution in [0.3, 0.4) is 0 Å². The average molecular weight is 155 g/mol. The SMILES string of the molecule is [O-]N=C(Cl)C(Cl)=N[O-]. The van der Waals surface area contributed by atoms with Gasteiger partial charge in [-0.3, -0.25) is 0 Å². The highest BCUT2D eigenvalue weighted by atomic mass is 35.5. The van der Waals surface area contributed by atoms with Gasteiger partial charge < -0.3 is 20.7 Å². The van der Waals surface area contributed by atoms with Crippen molar-refractivity contribution in [3.05, 3.63) is 10.4 Å². The molecule has 6 heteroatoms. The first-order valence-electron chi connectivity index (χ1n) is 1.44. The molecule has 0 radical (unpaired) electrons. The van der Waals surface area contributed by atoms with Gasteiger partial charge in [-0.1, -0.05) is 23.2 Å². The predicted molar refractivity (Wildman–Crippen MR) is 33.3 cm³/mol. The maximum absolute atomic E-state index is 9.38. The van der Waals surface area contributed by atoms with Gasteiger partial charge in [0.05, 0.1) is 0 Å². The Morgan fingerprint density at radius 3 is 1.38 bits per heavy atom. The van der Waals surface area contributed by atoms with Gasteiger partial charge in [0, 0.05) is 0 Å². The third-order valence-corrected chi connectivity index (χ3v) is 0.923. The molecular weight excluding hydrogens is 155 g/mol. The molecule has 0 spiro atoms. The van der Waals surface area contributed by atoms with Crippen molar-refractivity contribution in [1.29, 1.82) is 0 Å². The van der Waals surface area contributed by atoms with Crippen LogP contribution in [0, 0.1) is 10.4 Å². The quantitative estimate of drug-likeness (QED) is 0.422. The van der Waals surface area contributed by atoms with Gasteiger partial charge in [-0.2, -0.15) is 0 Å². The summed E-state index contributed by atoms with van der Waals surface area (Å²) in [4.78, 5) is 0. The van der Waals surface area contributed by atoms with Crippen molar-refractivity contribution in [3.63, 3.8) is 0 Å². The maximum atomic E-state index is 9.38. The molecule has 0 aromatic carbocycles. The molecule has 0 unspecified atom stereocenters. The van der Waals surface area contributed by atoms with Crippen molar-refractivity contribution in [2.45, 2.75) is 0 Å². The fourth-order valence-electron chi connectivity index (χ4n) is 0.0753. The lowest BCUT2D eigenvalue weighted by Crippen LogP contribution is -1.96. The molecule has 0 saturated carbocycles. The molecule has 0 aliphatic carbocycles. The number of halogens is 2. The Bertz CT molecular complexity index is 116. The minimum absolute atomic E-state index is 0.623. The van der Waals surface area contributed by atoms with Crippen molar-refractivity contribution in [3.8, 4) is 0 Å². The Morgan fingerprint density at radius 1 is 1.00 bits per heavy atom. The van der Waals surface area contributed by atoms with E-state index in [0.29, 0.717) is 0 Å². The Labute approximate surface area is 55.0 Å². The number of nitrogens with zero attached hydrogens (tertiary/aromatic N) is 2. The van der Waals surface area contributed by atoms with Gasteiger partial charge >= 0.3 is 0 Å². The first kappa shape index (κ1) is 7.52. The Kier molecular flexibility index (Phi) is 3.30. The highest BCUT2D eigenvalue weighted by Crippen LogP contribution is 1.94. The lowest BCUT2D eigenvalue weighted by atomic mass is 10.8. The van der Waals surface area contributed by atoms with Crippen LogP contribution in [0.15, 0.2) is 10.3 Å². The van der Waals surface area contributed by atoms with Crippen molar-refractivity contribution in [2.24, 2.45) is 10.3 Å². The van der Waals surface area contributed by atoms with Crippen molar-refractivity contribution >= 4 is 33.5 Å². The van der Waals surface area contributed by atoms with E-state index >= 15 is 0 Å². The van der Waals surface area contributed by atoms with Gasteiger partial charge in [0.15, 0.2) is 10.3 Å². The zero-order chi connectivity index (χ0) is 6.57. The van der Waals surface area contributed by atoms with Crippen LogP contribution in [0.5, 0.6) is 0 Å². The molecule has 0 fully saturated rings. The van der Waals surface area contributed by atoms with E-state index in [0.717, 1.165) is 0 Å². The van der Waals surface area contributed by atoms with Crippen LogP contribution in [0.1, 0.15) is 0 Å². The maximum Gasteiger partial charge on any atom is 0.156 e. The molecule has 0 heterocycles. The summed E-state index contributed by atoms with van der Waals surface area (Å²) in [6.45, 7) is 0. The average Bonchev–Trinajstić information content (AvgIpc) is 1.84. The monoisotopic (exact) mass is 154 g/mol. The molecule has 0 N–H and O–H groups in total. The Balaban J connectivity index is 4.04. The summed E-state index contributed by atoms with van der Waals surface area (Å²) in [5.41, 5.74) is 0. The van der Waals surface area contributed by atoms with E-state index in [1.54, 1.807) is 0 Å². The standard InChI is InChI=1S/C2H2Cl2N2O2/c3-1(5-7)2(4)6-8/h7-8H/p-2. The van der Waals surface area contributed by atoms with Gasteiger partial charge in [-0.15, -0.1) is 0 Å². The van der Waals surface area contributed by atoms with Crippen LogP contribution >= 0.6 is 23.2 Å². The number of hydrogen-bond acceptors (Lipinski definition) is 4. The van der Waals surface area contributed by atoms with E-state index in [2.05, 4.69) is 10.3 Å². The molecule has 0 atom stereocenters. The van der Waals surface area contributed by atoms with E-state index < -0.39 is 10.3 Å². The molecule has 0 saturated heterocycles. The van der Waals surface area contributed by atoms with Crippen LogP contribution in [0.25, 0.3) is 0 Å². The van der Waals surface area contributed by atoms with Gasteiger partial charge in [0.1, 0.15) is 0 Å². The molecule has 0 aliphatic heterocycles. The Hall–Kier alpha value is -0.480. The van der Waals surface area contributed by atoms with Gasteiger partial charge in [0.2, 0.25) is 0 Å². The smallest absolute Gasteiger partial charge is 0.156 e. The second kappa shape index (κ2) is 3.51. The zero-order valence-electron chi connectivity index (χ0n) is 3.47. The van der Waals surface area contributed by atoms with Crippen LogP contribution in [0.2, 0.25) is 0 Å². The summed E-state index contributed by atoms with van der Waals surface area (Å²) < 4.78 is 0. The molecule has 0 aromatic rings. The summed E-state index contributed by atoms with van der Waals surface area (Å²) in [6, 6.07) is 0. The lowest BCUT2D eigenvalue weighted by Gasteiger charge is -1.97. The fraction of sp³-hybridized carbons (Fsp3) is 0. The summed E-state index contributed by atoms with van der Waals surface area (Å²) >= 11 is 9.78. The lowest BCUT2D eigenvalue weighted by molar-refractivity contribution is 1.62. The molecule has 46 valence electrons. The van der Waals surface area contributed by atoms with E-state index in [1.165, 1.54) is 0 Å². The number of hydrogen-bond donors (Lipinski definition) is 0. The van der Waals surface area contributed by atoms with E-state index in [9.17, 15) is 10.4 Å². The van der Waals surface area contributed by atoms with Crippen LogP contribution < -0.4 is 0 Å². The normalized spacial score (nSPS) is 14.2. The first-order chi connectivity index (χ1) is 3.72. The number of rotatable bonds is 1. The molecule has 0 aromatic heterocycles. The molecule has 0 amide bonds. The van der Waals surface area contributed by atoms with E-state index in [1.807, 2.05) is 0 Å². The van der Waals surface area contributed by atoms with E-state index in [-0.39, 0.29) is 0 Å². The third-order valence-electron chi connectivity index (χ3n) is 0.331. The molecular formula is C2Cl2N2O2-2. The van der Waals surface area contributed by atoms with E-state index in [4.69, 9.17) is 23.2 Å².